The Hall–Kier alpha value is -1.40. The molecule has 2 fully saturated rings. The van der Waals surface area contributed by atoms with Crippen LogP contribution >= 0.6 is 0 Å². The van der Waals surface area contributed by atoms with Gasteiger partial charge in [0.2, 0.25) is 5.91 Å². The minimum Gasteiger partial charge on any atom is -0.338 e. The summed E-state index contributed by atoms with van der Waals surface area (Å²) in [5, 5.41) is 0. The lowest BCUT2D eigenvalue weighted by molar-refractivity contribution is -0.141. The summed E-state index contributed by atoms with van der Waals surface area (Å²) >= 11 is 0. The van der Waals surface area contributed by atoms with Gasteiger partial charge >= 0.3 is 0 Å². The van der Waals surface area contributed by atoms with E-state index in [1.807, 2.05) is 19.4 Å². The number of imidazole rings is 1. The second-order valence-electron chi connectivity index (χ2n) is 6.97. The Bertz CT molecular complexity index is 557. The van der Waals surface area contributed by atoms with Crippen LogP contribution in [0, 0.1) is 0 Å². The van der Waals surface area contributed by atoms with Crippen molar-refractivity contribution in [2.24, 2.45) is 7.05 Å². The van der Waals surface area contributed by atoms with E-state index in [0.717, 1.165) is 51.5 Å². The van der Waals surface area contributed by atoms with Gasteiger partial charge in [0.1, 0.15) is 5.82 Å². The third-order valence-corrected chi connectivity index (χ3v) is 5.67. The summed E-state index contributed by atoms with van der Waals surface area (Å²) in [5.41, 5.74) is 0. The van der Waals surface area contributed by atoms with Crippen LogP contribution in [0.5, 0.6) is 0 Å². The zero-order valence-electron chi connectivity index (χ0n) is 15.3. The lowest BCUT2D eigenvalue weighted by Crippen LogP contribution is -2.57. The van der Waals surface area contributed by atoms with Crippen LogP contribution in [0.25, 0.3) is 0 Å². The highest BCUT2D eigenvalue weighted by Gasteiger charge is 2.36. The molecule has 2 aliphatic rings. The van der Waals surface area contributed by atoms with Crippen molar-refractivity contribution in [2.45, 2.75) is 45.2 Å². The van der Waals surface area contributed by atoms with E-state index in [1.54, 1.807) is 0 Å². The first kappa shape index (κ1) is 17.4. The summed E-state index contributed by atoms with van der Waals surface area (Å²) in [6, 6.07) is 0.283. The molecule has 0 saturated carbocycles. The normalized spacial score (nSPS) is 26.7. The first-order valence-corrected chi connectivity index (χ1v) is 9.39. The number of likely N-dealkylation sites (N-methyl/N-ethyl adjacent to an activating group) is 2. The number of hydrogen-bond acceptors (Lipinski definition) is 4. The Morgan fingerprint density at radius 1 is 1.17 bits per heavy atom. The van der Waals surface area contributed by atoms with E-state index < -0.39 is 0 Å². The van der Waals surface area contributed by atoms with Crippen molar-refractivity contribution in [3.05, 3.63) is 18.2 Å². The number of aromatic nitrogens is 2. The van der Waals surface area contributed by atoms with Crippen molar-refractivity contribution in [1.29, 1.82) is 0 Å². The highest BCUT2D eigenvalue weighted by Crippen LogP contribution is 2.26. The Morgan fingerprint density at radius 2 is 1.96 bits per heavy atom. The van der Waals surface area contributed by atoms with Crippen LogP contribution in [0.1, 0.15) is 45.0 Å². The molecule has 2 unspecified atom stereocenters. The van der Waals surface area contributed by atoms with Crippen molar-refractivity contribution < 1.29 is 4.79 Å². The quantitative estimate of drug-likeness (QED) is 0.838. The maximum atomic E-state index is 13.2. The van der Waals surface area contributed by atoms with Gasteiger partial charge in [-0.15, -0.1) is 0 Å². The minimum absolute atomic E-state index is 0.0824. The van der Waals surface area contributed by atoms with Gasteiger partial charge in [0.05, 0.1) is 12.1 Å². The van der Waals surface area contributed by atoms with Crippen LogP contribution in [-0.4, -0.2) is 75.5 Å². The molecule has 1 aromatic rings. The van der Waals surface area contributed by atoms with E-state index in [-0.39, 0.29) is 12.1 Å². The van der Waals surface area contributed by atoms with Crippen LogP contribution in [0.4, 0.5) is 0 Å². The molecule has 6 nitrogen and oxygen atoms in total. The minimum atomic E-state index is 0.0824. The zero-order chi connectivity index (χ0) is 17.1. The van der Waals surface area contributed by atoms with Gasteiger partial charge in [-0.1, -0.05) is 20.3 Å². The molecular formula is C18H31N5O. The Balaban J connectivity index is 1.75. The maximum Gasteiger partial charge on any atom is 0.240 e. The van der Waals surface area contributed by atoms with Gasteiger partial charge in [0, 0.05) is 39.1 Å². The molecule has 1 amide bonds. The molecule has 24 heavy (non-hydrogen) atoms. The highest BCUT2D eigenvalue weighted by molar-refractivity contribution is 5.82. The van der Waals surface area contributed by atoms with E-state index in [0.29, 0.717) is 5.91 Å². The van der Waals surface area contributed by atoms with E-state index >= 15 is 0 Å². The molecule has 3 heterocycles. The lowest BCUT2D eigenvalue weighted by Gasteiger charge is -2.43. The molecule has 0 N–H and O–H groups in total. The Kier molecular flexibility index (Phi) is 5.56. The maximum absolute atomic E-state index is 13.2. The SMILES string of the molecule is CCN1CCCCC1C(=O)N1CCN(CC)C(c2nccn2C)C1. The second-order valence-corrected chi connectivity index (χ2v) is 6.97. The van der Waals surface area contributed by atoms with Crippen LogP contribution < -0.4 is 0 Å². The third kappa shape index (κ3) is 3.35. The van der Waals surface area contributed by atoms with Crippen molar-refractivity contribution in [3.63, 3.8) is 0 Å². The van der Waals surface area contributed by atoms with E-state index in [9.17, 15) is 4.79 Å². The summed E-state index contributed by atoms with van der Waals surface area (Å²) in [6.07, 6.45) is 7.24. The Labute approximate surface area is 145 Å². The molecule has 0 aliphatic carbocycles. The van der Waals surface area contributed by atoms with Crippen molar-refractivity contribution in [3.8, 4) is 0 Å². The fourth-order valence-corrected chi connectivity index (χ4v) is 4.20. The molecule has 2 atom stereocenters. The number of carbonyl (C=O) groups excluding carboxylic acids is 1. The molecule has 2 aliphatic heterocycles. The smallest absolute Gasteiger partial charge is 0.240 e. The molecule has 134 valence electrons. The van der Waals surface area contributed by atoms with Crippen LogP contribution in [0.3, 0.4) is 0 Å². The number of rotatable bonds is 4. The van der Waals surface area contributed by atoms with Crippen molar-refractivity contribution >= 4 is 5.91 Å². The van der Waals surface area contributed by atoms with Crippen LogP contribution in [0.2, 0.25) is 0 Å². The number of carbonyl (C=O) groups is 1. The molecule has 2 saturated heterocycles. The predicted molar refractivity (Wildman–Crippen MR) is 94.7 cm³/mol. The molecule has 0 bridgehead atoms. The van der Waals surface area contributed by atoms with Gasteiger partial charge in [-0.05, 0) is 32.5 Å². The summed E-state index contributed by atoms with van der Waals surface area (Å²) < 4.78 is 2.08. The molecule has 6 heteroatoms. The monoisotopic (exact) mass is 333 g/mol. The fraction of sp³-hybridized carbons (Fsp3) is 0.778. The summed E-state index contributed by atoms with van der Waals surface area (Å²) in [6.45, 7) is 9.89. The van der Waals surface area contributed by atoms with E-state index in [2.05, 4.69) is 38.1 Å². The van der Waals surface area contributed by atoms with Crippen LogP contribution in [0.15, 0.2) is 12.4 Å². The fourth-order valence-electron chi connectivity index (χ4n) is 4.20. The number of amides is 1. The van der Waals surface area contributed by atoms with Gasteiger partial charge in [0.25, 0.3) is 0 Å². The third-order valence-electron chi connectivity index (χ3n) is 5.67. The van der Waals surface area contributed by atoms with Gasteiger partial charge in [-0.2, -0.15) is 0 Å². The first-order chi connectivity index (χ1) is 11.7. The number of piperazine rings is 1. The number of likely N-dealkylation sites (tertiary alicyclic amines) is 1. The second kappa shape index (κ2) is 7.66. The highest BCUT2D eigenvalue weighted by atomic mass is 16.2. The molecule has 0 spiro atoms. The number of nitrogens with zero attached hydrogens (tertiary/aromatic N) is 5. The number of piperidine rings is 1. The van der Waals surface area contributed by atoms with E-state index in [4.69, 9.17) is 0 Å². The largest absolute Gasteiger partial charge is 0.338 e. The van der Waals surface area contributed by atoms with Gasteiger partial charge in [0.15, 0.2) is 0 Å². The van der Waals surface area contributed by atoms with E-state index in [1.165, 1.54) is 12.8 Å². The average molecular weight is 333 g/mol. The zero-order valence-corrected chi connectivity index (χ0v) is 15.3. The first-order valence-electron chi connectivity index (χ1n) is 9.39. The number of hydrogen-bond donors (Lipinski definition) is 0. The molecule has 3 rings (SSSR count). The molecular weight excluding hydrogens is 302 g/mol. The molecule has 0 aromatic carbocycles. The standard InChI is InChI=1S/C18H31N5O/c1-4-21-10-7-6-8-15(21)18(24)23-13-12-22(5-2)16(14-23)17-19-9-11-20(17)3/h9,11,15-16H,4-8,10,12-14H2,1-3H3. The molecule has 0 radical (unpaired) electrons. The molecule has 1 aromatic heterocycles. The van der Waals surface area contributed by atoms with Gasteiger partial charge in [-0.25, -0.2) is 4.98 Å². The van der Waals surface area contributed by atoms with Crippen LogP contribution in [-0.2, 0) is 11.8 Å². The summed E-state index contributed by atoms with van der Waals surface area (Å²) in [5.74, 6) is 1.39. The lowest BCUT2D eigenvalue weighted by atomic mass is 10.00. The van der Waals surface area contributed by atoms with Gasteiger partial charge in [-0.3, -0.25) is 14.6 Å². The number of aryl methyl sites for hydroxylation is 1. The topological polar surface area (TPSA) is 44.6 Å². The average Bonchev–Trinajstić information content (AvgIpc) is 3.06. The summed E-state index contributed by atoms with van der Waals surface area (Å²) in [7, 11) is 2.04. The Morgan fingerprint density at radius 3 is 2.62 bits per heavy atom. The van der Waals surface area contributed by atoms with Crippen molar-refractivity contribution in [1.82, 2.24) is 24.3 Å². The summed E-state index contributed by atoms with van der Waals surface area (Å²) in [4.78, 5) is 24.6. The van der Waals surface area contributed by atoms with Gasteiger partial charge < -0.3 is 9.47 Å². The predicted octanol–water partition coefficient (Wildman–Crippen LogP) is 1.50. The van der Waals surface area contributed by atoms with Crippen molar-refractivity contribution in [2.75, 3.05) is 39.3 Å².